The van der Waals surface area contributed by atoms with Crippen molar-refractivity contribution in [2.75, 3.05) is 4.72 Å². The lowest BCUT2D eigenvalue weighted by atomic mass is 10.1. The SMILES string of the molecule is O=c1[nH]cc(-c2ccncc2)cc1NS(=O)(=O)c1ccc(Br)cc1. The molecule has 1 aromatic carbocycles. The second kappa shape index (κ2) is 6.58. The Morgan fingerprint density at radius 3 is 2.33 bits per heavy atom. The third-order valence-electron chi connectivity index (χ3n) is 3.29. The molecule has 0 aliphatic carbocycles. The monoisotopic (exact) mass is 405 g/mol. The van der Waals surface area contributed by atoms with E-state index in [-0.39, 0.29) is 10.6 Å². The van der Waals surface area contributed by atoms with Gasteiger partial charge in [-0.2, -0.15) is 0 Å². The van der Waals surface area contributed by atoms with Crippen molar-refractivity contribution in [3.8, 4) is 11.1 Å². The van der Waals surface area contributed by atoms with Gasteiger partial charge in [0.2, 0.25) is 0 Å². The van der Waals surface area contributed by atoms with Crippen LogP contribution in [0.5, 0.6) is 0 Å². The predicted octanol–water partition coefficient (Wildman–Crippen LogP) is 3.00. The normalized spacial score (nSPS) is 11.2. The second-order valence-electron chi connectivity index (χ2n) is 4.93. The number of hydrogen-bond donors (Lipinski definition) is 2. The fourth-order valence-electron chi connectivity index (χ4n) is 2.09. The van der Waals surface area contributed by atoms with Crippen LogP contribution in [0.2, 0.25) is 0 Å². The number of hydrogen-bond acceptors (Lipinski definition) is 4. The standard InChI is InChI=1S/C16H12BrN3O3S/c17-13-1-3-14(4-2-13)24(22,23)20-15-9-12(10-19-16(15)21)11-5-7-18-8-6-11/h1-10,20H,(H,19,21). The lowest BCUT2D eigenvalue weighted by Gasteiger charge is -2.09. The summed E-state index contributed by atoms with van der Waals surface area (Å²) in [4.78, 5) is 18.5. The molecule has 0 radical (unpaired) electrons. The minimum Gasteiger partial charge on any atom is -0.327 e. The zero-order chi connectivity index (χ0) is 17.2. The van der Waals surface area contributed by atoms with E-state index in [9.17, 15) is 13.2 Å². The maximum Gasteiger partial charge on any atom is 0.272 e. The number of rotatable bonds is 4. The first kappa shape index (κ1) is 16.4. The van der Waals surface area contributed by atoms with Gasteiger partial charge >= 0.3 is 0 Å². The molecule has 2 aromatic heterocycles. The number of aromatic amines is 1. The van der Waals surface area contributed by atoms with Crippen molar-refractivity contribution in [1.82, 2.24) is 9.97 Å². The molecule has 0 aliphatic rings. The highest BCUT2D eigenvalue weighted by molar-refractivity contribution is 9.10. The summed E-state index contributed by atoms with van der Waals surface area (Å²) in [6.07, 6.45) is 4.76. The van der Waals surface area contributed by atoms with E-state index in [1.54, 1.807) is 36.7 Å². The number of nitrogens with zero attached hydrogens (tertiary/aromatic N) is 1. The third kappa shape index (κ3) is 3.55. The fraction of sp³-hybridized carbons (Fsp3) is 0. The van der Waals surface area contributed by atoms with E-state index in [1.807, 2.05) is 0 Å². The van der Waals surface area contributed by atoms with Crippen LogP contribution in [0.1, 0.15) is 0 Å². The van der Waals surface area contributed by atoms with Crippen molar-refractivity contribution in [3.05, 3.63) is 75.9 Å². The zero-order valence-electron chi connectivity index (χ0n) is 12.2. The number of nitrogens with one attached hydrogen (secondary N) is 2. The van der Waals surface area contributed by atoms with E-state index in [1.165, 1.54) is 24.4 Å². The smallest absolute Gasteiger partial charge is 0.272 e. The van der Waals surface area contributed by atoms with Gasteiger partial charge < -0.3 is 4.98 Å². The van der Waals surface area contributed by atoms with Crippen LogP contribution in [0.4, 0.5) is 5.69 Å². The van der Waals surface area contributed by atoms with Gasteiger partial charge in [-0.1, -0.05) is 15.9 Å². The summed E-state index contributed by atoms with van der Waals surface area (Å²) in [7, 11) is -3.85. The summed E-state index contributed by atoms with van der Waals surface area (Å²) in [6.45, 7) is 0. The maximum atomic E-state index is 12.4. The topological polar surface area (TPSA) is 91.9 Å². The molecule has 0 bridgehead atoms. The molecule has 0 saturated carbocycles. The number of H-pyrrole nitrogens is 1. The lowest BCUT2D eigenvalue weighted by Crippen LogP contribution is -2.20. The summed E-state index contributed by atoms with van der Waals surface area (Å²) >= 11 is 3.25. The molecule has 0 unspecified atom stereocenters. The van der Waals surface area contributed by atoms with Crippen molar-refractivity contribution in [3.63, 3.8) is 0 Å². The fourth-order valence-corrected chi connectivity index (χ4v) is 3.41. The molecule has 0 amide bonds. The van der Waals surface area contributed by atoms with Crippen molar-refractivity contribution in [2.45, 2.75) is 4.90 Å². The van der Waals surface area contributed by atoms with Gasteiger partial charge in [0, 0.05) is 28.6 Å². The van der Waals surface area contributed by atoms with Crippen LogP contribution in [-0.4, -0.2) is 18.4 Å². The van der Waals surface area contributed by atoms with E-state index in [4.69, 9.17) is 0 Å². The average molecular weight is 406 g/mol. The van der Waals surface area contributed by atoms with E-state index < -0.39 is 15.6 Å². The highest BCUT2D eigenvalue weighted by Crippen LogP contribution is 2.21. The van der Waals surface area contributed by atoms with Crippen LogP contribution >= 0.6 is 15.9 Å². The molecule has 3 rings (SSSR count). The largest absolute Gasteiger partial charge is 0.327 e. The van der Waals surface area contributed by atoms with Crippen molar-refractivity contribution >= 4 is 31.6 Å². The Hall–Kier alpha value is -2.45. The molecule has 0 spiro atoms. The highest BCUT2D eigenvalue weighted by Gasteiger charge is 2.16. The second-order valence-corrected chi connectivity index (χ2v) is 7.52. The average Bonchev–Trinajstić information content (AvgIpc) is 2.58. The quantitative estimate of drug-likeness (QED) is 0.697. The molecule has 8 heteroatoms. The minimum atomic E-state index is -3.85. The number of aromatic nitrogens is 2. The molecule has 0 aliphatic heterocycles. The number of benzene rings is 1. The summed E-state index contributed by atoms with van der Waals surface area (Å²) in [5, 5.41) is 0. The lowest BCUT2D eigenvalue weighted by molar-refractivity contribution is 0.601. The molecule has 2 N–H and O–H groups in total. The zero-order valence-corrected chi connectivity index (χ0v) is 14.6. The van der Waals surface area contributed by atoms with Gasteiger partial charge in [-0.25, -0.2) is 8.42 Å². The molecule has 3 aromatic rings. The van der Waals surface area contributed by atoms with Gasteiger partial charge in [-0.05, 0) is 48.0 Å². The van der Waals surface area contributed by atoms with E-state index in [0.717, 1.165) is 10.0 Å². The van der Waals surface area contributed by atoms with Gasteiger partial charge in [0.15, 0.2) is 0 Å². The Morgan fingerprint density at radius 1 is 1.00 bits per heavy atom. The molecule has 0 atom stereocenters. The van der Waals surface area contributed by atoms with Crippen molar-refractivity contribution in [2.24, 2.45) is 0 Å². The Kier molecular flexibility index (Phi) is 4.50. The van der Waals surface area contributed by atoms with Crippen LogP contribution < -0.4 is 10.3 Å². The number of pyridine rings is 2. The molecule has 24 heavy (non-hydrogen) atoms. The van der Waals surface area contributed by atoms with Crippen molar-refractivity contribution < 1.29 is 8.42 Å². The minimum absolute atomic E-state index is 0.0489. The Balaban J connectivity index is 1.98. The van der Waals surface area contributed by atoms with Crippen LogP contribution in [-0.2, 0) is 10.0 Å². The third-order valence-corrected chi connectivity index (χ3v) is 5.20. The molecular weight excluding hydrogens is 394 g/mol. The van der Waals surface area contributed by atoms with Crippen LogP contribution in [0.3, 0.4) is 0 Å². The van der Waals surface area contributed by atoms with Gasteiger partial charge in [-0.3, -0.25) is 14.5 Å². The molecule has 2 heterocycles. The van der Waals surface area contributed by atoms with E-state index in [0.29, 0.717) is 5.56 Å². The summed E-state index contributed by atoms with van der Waals surface area (Å²) < 4.78 is 27.9. The molecule has 0 fully saturated rings. The number of anilines is 1. The van der Waals surface area contributed by atoms with Gasteiger partial charge in [0.1, 0.15) is 5.69 Å². The van der Waals surface area contributed by atoms with Gasteiger partial charge in [0.25, 0.3) is 15.6 Å². The molecule has 0 saturated heterocycles. The van der Waals surface area contributed by atoms with Crippen LogP contribution in [0.15, 0.2) is 75.2 Å². The maximum absolute atomic E-state index is 12.4. The Bertz CT molecular complexity index is 1020. The first-order chi connectivity index (χ1) is 11.5. The van der Waals surface area contributed by atoms with Gasteiger partial charge in [0.05, 0.1) is 4.90 Å². The Labute approximate surface area is 146 Å². The van der Waals surface area contributed by atoms with Gasteiger partial charge in [-0.15, -0.1) is 0 Å². The van der Waals surface area contributed by atoms with Crippen LogP contribution in [0, 0.1) is 0 Å². The number of halogens is 1. The summed E-state index contributed by atoms with van der Waals surface area (Å²) in [5.41, 5.74) is 0.913. The first-order valence-electron chi connectivity index (χ1n) is 6.87. The highest BCUT2D eigenvalue weighted by atomic mass is 79.9. The van der Waals surface area contributed by atoms with Crippen LogP contribution in [0.25, 0.3) is 11.1 Å². The number of sulfonamides is 1. The molecule has 122 valence electrons. The first-order valence-corrected chi connectivity index (χ1v) is 9.15. The van der Waals surface area contributed by atoms with E-state index >= 15 is 0 Å². The van der Waals surface area contributed by atoms with E-state index in [2.05, 4.69) is 30.6 Å². The molecule has 6 nitrogen and oxygen atoms in total. The molecular formula is C16H12BrN3O3S. The summed E-state index contributed by atoms with van der Waals surface area (Å²) in [5.74, 6) is 0. The summed E-state index contributed by atoms with van der Waals surface area (Å²) in [6, 6.07) is 11.2. The predicted molar refractivity (Wildman–Crippen MR) is 95.2 cm³/mol. The van der Waals surface area contributed by atoms with Crippen molar-refractivity contribution in [1.29, 1.82) is 0 Å². The Morgan fingerprint density at radius 2 is 1.67 bits per heavy atom.